The monoisotopic (exact) mass is 492 g/mol. The Morgan fingerprint density at radius 1 is 1.12 bits per heavy atom. The molecule has 0 aromatic heterocycles. The summed E-state index contributed by atoms with van der Waals surface area (Å²) >= 11 is 0. The fourth-order valence-electron chi connectivity index (χ4n) is 3.28. The summed E-state index contributed by atoms with van der Waals surface area (Å²) in [7, 11) is 0.879. The number of ether oxygens (including phenoxy) is 3. The molecule has 1 aromatic rings. The zero-order chi connectivity index (χ0) is 25.6. The summed E-state index contributed by atoms with van der Waals surface area (Å²) in [6.45, 7) is 0.601. The molecule has 13 heteroatoms. The first-order chi connectivity index (χ1) is 16.1. The summed E-state index contributed by atoms with van der Waals surface area (Å²) < 4.78 is 86.7. The Bertz CT molecular complexity index is 1030. The number of carbonyl (C=O) groups excluding carboxylic acids is 2. The van der Waals surface area contributed by atoms with Gasteiger partial charge in [0.25, 0.3) is 0 Å². The van der Waals surface area contributed by atoms with Crippen molar-refractivity contribution in [3.8, 4) is 0 Å². The van der Waals surface area contributed by atoms with Crippen molar-refractivity contribution in [3.63, 3.8) is 0 Å². The van der Waals surface area contributed by atoms with Crippen LogP contribution in [-0.4, -0.2) is 56.5 Å². The number of alkyl halides is 1. The van der Waals surface area contributed by atoms with E-state index in [1.54, 1.807) is 0 Å². The number of hydrogen-bond donors (Lipinski definition) is 2. The van der Waals surface area contributed by atoms with Gasteiger partial charge in [-0.1, -0.05) is 5.16 Å². The van der Waals surface area contributed by atoms with E-state index in [9.17, 15) is 31.5 Å². The largest absolute Gasteiger partial charge is 0.466 e. The van der Waals surface area contributed by atoms with Crippen LogP contribution in [0.3, 0.4) is 0 Å². The Balaban J connectivity index is 2.90. The Hall–Kier alpha value is -3.48. The molecule has 0 spiro atoms. The zero-order valence-electron chi connectivity index (χ0n) is 18.3. The van der Waals surface area contributed by atoms with Crippen LogP contribution >= 0.6 is 0 Å². The average molecular weight is 492 g/mol. The van der Waals surface area contributed by atoms with E-state index >= 15 is 0 Å². The van der Waals surface area contributed by atoms with Crippen LogP contribution < -0.4 is 5.32 Å². The minimum Gasteiger partial charge on any atom is -0.466 e. The molecule has 1 unspecified atom stereocenters. The summed E-state index contributed by atoms with van der Waals surface area (Å²) in [6.07, 6.45) is 0.150. The molecule has 1 atom stereocenters. The first kappa shape index (κ1) is 26.8. The summed E-state index contributed by atoms with van der Waals surface area (Å²) in [5, 5.41) is 13.6. The number of allylic oxidation sites excluding steroid dienone is 1. The molecule has 0 aliphatic carbocycles. The number of nitrogens with one attached hydrogen (secondary N) is 1. The molecular formula is C21H21F5N2O6. The lowest BCUT2D eigenvalue weighted by Gasteiger charge is -2.32. The number of dihydropyridines is 1. The van der Waals surface area contributed by atoms with Crippen molar-refractivity contribution in [1.82, 2.24) is 5.32 Å². The lowest BCUT2D eigenvalue weighted by molar-refractivity contribution is -0.143. The van der Waals surface area contributed by atoms with Gasteiger partial charge in [0.1, 0.15) is 6.67 Å². The van der Waals surface area contributed by atoms with Gasteiger partial charge < -0.3 is 24.7 Å². The molecule has 34 heavy (non-hydrogen) atoms. The van der Waals surface area contributed by atoms with Crippen LogP contribution in [0.1, 0.15) is 25.3 Å². The molecule has 0 bridgehead atoms. The minimum absolute atomic E-state index is 0.0547. The molecular weight excluding hydrogens is 471 g/mol. The molecule has 0 fully saturated rings. The van der Waals surface area contributed by atoms with Gasteiger partial charge in [-0.25, -0.2) is 31.5 Å². The lowest BCUT2D eigenvalue weighted by Crippen LogP contribution is -2.37. The van der Waals surface area contributed by atoms with E-state index < -0.39 is 82.9 Å². The van der Waals surface area contributed by atoms with Gasteiger partial charge in [-0.2, -0.15) is 0 Å². The number of oxime groups is 1. The highest BCUT2D eigenvalue weighted by Gasteiger charge is 2.43. The van der Waals surface area contributed by atoms with Gasteiger partial charge in [-0.05, 0) is 13.8 Å². The summed E-state index contributed by atoms with van der Waals surface area (Å²) in [5.41, 5.74) is -3.74. The normalized spacial score (nSPS) is 16.3. The second kappa shape index (κ2) is 11.6. The average Bonchev–Trinajstić information content (AvgIpc) is 2.79. The third kappa shape index (κ3) is 5.53. The van der Waals surface area contributed by atoms with E-state index in [-0.39, 0.29) is 18.4 Å². The fourth-order valence-corrected chi connectivity index (χ4v) is 3.28. The van der Waals surface area contributed by atoms with Crippen LogP contribution in [0.4, 0.5) is 22.0 Å². The van der Waals surface area contributed by atoms with Gasteiger partial charge in [0.15, 0.2) is 23.3 Å². The number of hydrogen-bond acceptors (Lipinski definition) is 8. The van der Waals surface area contributed by atoms with Gasteiger partial charge in [0, 0.05) is 11.6 Å². The maximum Gasteiger partial charge on any atom is 0.337 e. The predicted octanol–water partition coefficient (Wildman–Crippen LogP) is 3.01. The van der Waals surface area contributed by atoms with Crippen LogP contribution in [0, 0.1) is 23.3 Å². The Morgan fingerprint density at radius 3 is 2.21 bits per heavy atom. The number of carbonyl (C=O) groups is 2. The topological polar surface area (TPSA) is 106 Å². The number of benzene rings is 1. The Labute approximate surface area is 190 Å². The van der Waals surface area contributed by atoms with Crippen LogP contribution in [0.2, 0.25) is 0 Å². The van der Waals surface area contributed by atoms with Crippen molar-refractivity contribution in [1.29, 1.82) is 0 Å². The second-order valence-corrected chi connectivity index (χ2v) is 7.12. The van der Waals surface area contributed by atoms with E-state index in [4.69, 9.17) is 14.7 Å². The number of rotatable bonds is 9. The van der Waals surface area contributed by atoms with Gasteiger partial charge in [-0.15, -0.1) is 0 Å². The van der Waals surface area contributed by atoms with Crippen molar-refractivity contribution < 1.29 is 51.0 Å². The summed E-state index contributed by atoms with van der Waals surface area (Å²) in [4.78, 5) is 25.5. The number of esters is 2. The first-order valence-electron chi connectivity index (χ1n) is 9.73. The summed E-state index contributed by atoms with van der Waals surface area (Å²) in [6, 6.07) is -0.0547. The third-order valence-corrected chi connectivity index (χ3v) is 4.59. The van der Waals surface area contributed by atoms with E-state index in [0.29, 0.717) is 0 Å². The van der Waals surface area contributed by atoms with Gasteiger partial charge >= 0.3 is 11.9 Å². The van der Waals surface area contributed by atoms with Gasteiger partial charge in [0.2, 0.25) is 0 Å². The Morgan fingerprint density at radius 2 is 1.71 bits per heavy atom. The van der Waals surface area contributed by atoms with Crippen LogP contribution in [0.5, 0.6) is 0 Å². The highest BCUT2D eigenvalue weighted by atomic mass is 19.2. The van der Waals surface area contributed by atoms with E-state index in [1.807, 2.05) is 0 Å². The standard InChI is InChI=1S/C21H21F5N2O6/c1-9(2)34-21(30)15-13(8-33-5-4-27-31)28-12(7-22)14(20(29)32-3)16(15)17-18(25)10(23)6-11(24)19(17)26/h4,6,9,16,28,31H,5,7-8H2,1-3H3. The minimum atomic E-state index is -2.17. The van der Waals surface area contributed by atoms with Crippen LogP contribution in [0.15, 0.2) is 33.8 Å². The number of nitrogens with zero attached hydrogens (tertiary/aromatic N) is 1. The van der Waals surface area contributed by atoms with Crippen molar-refractivity contribution in [2.75, 3.05) is 27.0 Å². The van der Waals surface area contributed by atoms with Crippen molar-refractivity contribution in [2.45, 2.75) is 25.9 Å². The fraction of sp³-hybridized carbons (Fsp3) is 0.381. The molecule has 2 rings (SSSR count). The highest BCUT2D eigenvalue weighted by molar-refractivity contribution is 6.00. The molecule has 186 valence electrons. The molecule has 1 aromatic carbocycles. The van der Waals surface area contributed by atoms with Crippen LogP contribution in [-0.2, 0) is 23.8 Å². The Kier molecular flexibility index (Phi) is 9.12. The summed E-state index contributed by atoms with van der Waals surface area (Å²) in [5.74, 6) is -12.2. The maximum absolute atomic E-state index is 14.9. The smallest absolute Gasteiger partial charge is 0.337 e. The second-order valence-electron chi connectivity index (χ2n) is 7.12. The maximum atomic E-state index is 14.9. The van der Waals surface area contributed by atoms with Gasteiger partial charge in [0.05, 0.1) is 61.1 Å². The van der Waals surface area contributed by atoms with Crippen LogP contribution in [0.25, 0.3) is 0 Å². The van der Waals surface area contributed by atoms with E-state index in [1.165, 1.54) is 13.8 Å². The molecule has 8 nitrogen and oxygen atoms in total. The first-order valence-corrected chi connectivity index (χ1v) is 9.73. The molecule has 0 saturated heterocycles. The quantitative estimate of drug-likeness (QED) is 0.104. The number of halogens is 5. The third-order valence-electron chi connectivity index (χ3n) is 4.59. The molecule has 2 N–H and O–H groups in total. The molecule has 1 aliphatic heterocycles. The van der Waals surface area contributed by atoms with Gasteiger partial charge in [-0.3, -0.25) is 0 Å². The van der Waals surface area contributed by atoms with Crippen molar-refractivity contribution in [2.24, 2.45) is 5.16 Å². The molecule has 1 heterocycles. The molecule has 1 aliphatic rings. The molecule has 0 amide bonds. The molecule has 0 radical (unpaired) electrons. The van der Waals surface area contributed by atoms with Crippen molar-refractivity contribution in [3.05, 3.63) is 57.4 Å². The predicted molar refractivity (Wildman–Crippen MR) is 107 cm³/mol. The zero-order valence-corrected chi connectivity index (χ0v) is 18.3. The number of methoxy groups -OCH3 is 1. The SMILES string of the molecule is COC(=O)C1=C(CF)NC(COCC=NO)=C(C(=O)OC(C)C)C1c1c(F)c(F)cc(F)c1F. The lowest BCUT2D eigenvalue weighted by atomic mass is 9.79. The van der Waals surface area contributed by atoms with E-state index in [2.05, 4.69) is 15.2 Å². The van der Waals surface area contributed by atoms with Crippen molar-refractivity contribution >= 4 is 18.2 Å². The van der Waals surface area contributed by atoms with E-state index in [0.717, 1.165) is 13.3 Å². The molecule has 0 saturated carbocycles. The highest BCUT2D eigenvalue weighted by Crippen LogP contribution is 2.42.